The molecule has 5 rings (SSSR count). The second kappa shape index (κ2) is 8.59. The molecule has 0 aliphatic heterocycles. The summed E-state index contributed by atoms with van der Waals surface area (Å²) in [4.78, 5) is 22.0. The number of carboxylic acid groups (broad SMARTS) is 1. The van der Waals surface area contributed by atoms with Crippen LogP contribution in [0.1, 0.15) is 11.6 Å². The molecule has 1 N–H and O–H groups in total. The number of carboxylic acids is 1. The van der Waals surface area contributed by atoms with E-state index >= 15 is 0 Å². The van der Waals surface area contributed by atoms with Crippen molar-refractivity contribution in [3.63, 3.8) is 0 Å². The molecule has 0 bridgehead atoms. The second-order valence-corrected chi connectivity index (χ2v) is 7.62. The Morgan fingerprint density at radius 1 is 0.879 bits per heavy atom. The van der Waals surface area contributed by atoms with Crippen LogP contribution in [0.3, 0.4) is 0 Å². The quantitative estimate of drug-likeness (QED) is 0.384. The average molecular weight is 435 g/mol. The molecule has 0 amide bonds. The number of aromatic nitrogens is 3. The maximum atomic E-state index is 12.6. The molecule has 0 fully saturated rings. The lowest BCUT2D eigenvalue weighted by Gasteiger charge is -2.19. The number of ether oxygens (including phenoxy) is 1. The fourth-order valence-electron chi connectivity index (χ4n) is 4.03. The van der Waals surface area contributed by atoms with Crippen molar-refractivity contribution in [2.45, 2.75) is 6.04 Å². The molecule has 5 aromatic rings. The third kappa shape index (κ3) is 3.83. The van der Waals surface area contributed by atoms with E-state index in [2.05, 4.69) is 4.98 Å². The Hall–Kier alpha value is -4.45. The van der Waals surface area contributed by atoms with Gasteiger partial charge in [-0.25, -0.2) is 14.8 Å². The Balaban J connectivity index is 1.81. The van der Waals surface area contributed by atoms with Crippen LogP contribution in [0.2, 0.25) is 0 Å². The van der Waals surface area contributed by atoms with Crippen molar-refractivity contribution in [1.29, 1.82) is 0 Å². The minimum atomic E-state index is -0.981. The van der Waals surface area contributed by atoms with E-state index in [1.54, 1.807) is 17.9 Å². The molecule has 0 saturated heterocycles. The van der Waals surface area contributed by atoms with Gasteiger partial charge in [0.15, 0.2) is 11.7 Å². The van der Waals surface area contributed by atoms with Gasteiger partial charge in [0.05, 0.1) is 12.6 Å². The molecule has 6 nitrogen and oxygen atoms in total. The average Bonchev–Trinajstić information content (AvgIpc) is 3.23. The molecular formula is C27H21N3O3. The predicted molar refractivity (Wildman–Crippen MR) is 127 cm³/mol. The zero-order chi connectivity index (χ0) is 22.8. The maximum Gasteiger partial charge on any atom is 0.331 e. The molecule has 2 aromatic heterocycles. The number of aliphatic carboxylic acids is 1. The highest BCUT2D eigenvalue weighted by atomic mass is 16.5. The zero-order valence-electron chi connectivity index (χ0n) is 17.9. The van der Waals surface area contributed by atoms with E-state index in [4.69, 9.17) is 9.72 Å². The van der Waals surface area contributed by atoms with E-state index in [0.717, 1.165) is 16.7 Å². The number of pyridine rings is 1. The molecule has 1 atom stereocenters. The van der Waals surface area contributed by atoms with Crippen LogP contribution in [0.4, 0.5) is 0 Å². The van der Waals surface area contributed by atoms with Crippen LogP contribution in [0.5, 0.6) is 5.75 Å². The van der Waals surface area contributed by atoms with Crippen molar-refractivity contribution in [2.75, 3.05) is 7.11 Å². The van der Waals surface area contributed by atoms with Crippen molar-refractivity contribution in [3.8, 4) is 28.3 Å². The van der Waals surface area contributed by atoms with Crippen LogP contribution >= 0.6 is 0 Å². The Kier molecular flexibility index (Phi) is 5.32. The van der Waals surface area contributed by atoms with Crippen LogP contribution < -0.4 is 4.74 Å². The Morgan fingerprint density at radius 2 is 1.58 bits per heavy atom. The van der Waals surface area contributed by atoms with Crippen molar-refractivity contribution < 1.29 is 14.6 Å². The lowest BCUT2D eigenvalue weighted by molar-refractivity contribution is -0.139. The predicted octanol–water partition coefficient (Wildman–Crippen LogP) is 5.45. The zero-order valence-corrected chi connectivity index (χ0v) is 17.9. The van der Waals surface area contributed by atoms with Crippen LogP contribution in [0, 0.1) is 0 Å². The summed E-state index contributed by atoms with van der Waals surface area (Å²) in [5.74, 6) is 0.197. The minimum absolute atomic E-state index is 0.481. The number of carbonyl (C=O) groups is 1. The van der Waals surface area contributed by atoms with E-state index in [1.165, 1.54) is 0 Å². The van der Waals surface area contributed by atoms with Crippen LogP contribution in [-0.4, -0.2) is 32.7 Å². The van der Waals surface area contributed by atoms with Gasteiger partial charge in [-0.2, -0.15) is 0 Å². The van der Waals surface area contributed by atoms with E-state index in [9.17, 15) is 9.90 Å². The fraction of sp³-hybridized carbons (Fsp3) is 0.0741. The van der Waals surface area contributed by atoms with Crippen molar-refractivity contribution in [1.82, 2.24) is 14.5 Å². The van der Waals surface area contributed by atoms with Gasteiger partial charge < -0.3 is 14.4 Å². The number of imidazole rings is 1. The first-order chi connectivity index (χ1) is 16.2. The number of hydrogen-bond acceptors (Lipinski definition) is 4. The summed E-state index contributed by atoms with van der Waals surface area (Å²) in [6, 6.07) is 27.5. The third-order valence-electron chi connectivity index (χ3n) is 5.59. The van der Waals surface area contributed by atoms with Gasteiger partial charge in [-0.1, -0.05) is 72.8 Å². The van der Waals surface area contributed by atoms with Gasteiger partial charge in [0.25, 0.3) is 0 Å². The molecule has 162 valence electrons. The highest BCUT2D eigenvalue weighted by Gasteiger charge is 2.28. The largest absolute Gasteiger partial charge is 0.497 e. The molecule has 0 saturated carbocycles. The highest BCUT2D eigenvalue weighted by Crippen LogP contribution is 2.34. The SMILES string of the molecule is COc1cccc(-c2nc3ncc(-c4ccccc4)cc3n2C(C(=O)O)c2ccccc2)c1. The van der Waals surface area contributed by atoms with Crippen LogP contribution in [0.15, 0.2) is 97.2 Å². The first-order valence-electron chi connectivity index (χ1n) is 10.5. The van der Waals surface area contributed by atoms with Gasteiger partial charge in [0.2, 0.25) is 0 Å². The van der Waals surface area contributed by atoms with Gasteiger partial charge in [0, 0.05) is 17.3 Å². The highest BCUT2D eigenvalue weighted by molar-refractivity contribution is 5.86. The summed E-state index contributed by atoms with van der Waals surface area (Å²) in [6.07, 6.45) is 1.77. The van der Waals surface area contributed by atoms with Crippen molar-refractivity contribution in [2.24, 2.45) is 0 Å². The first-order valence-corrected chi connectivity index (χ1v) is 10.5. The number of benzene rings is 3. The number of rotatable bonds is 6. The van der Waals surface area contributed by atoms with Crippen molar-refractivity contribution in [3.05, 3.63) is 103 Å². The molecule has 0 spiro atoms. The normalized spacial score (nSPS) is 11.9. The summed E-state index contributed by atoms with van der Waals surface area (Å²) in [5, 5.41) is 10.3. The summed E-state index contributed by atoms with van der Waals surface area (Å²) >= 11 is 0. The molecule has 0 radical (unpaired) electrons. The van der Waals surface area contributed by atoms with Gasteiger partial charge >= 0.3 is 5.97 Å². The smallest absolute Gasteiger partial charge is 0.331 e. The fourth-order valence-corrected chi connectivity index (χ4v) is 4.03. The Morgan fingerprint density at radius 3 is 2.27 bits per heavy atom. The topological polar surface area (TPSA) is 77.2 Å². The number of hydrogen-bond donors (Lipinski definition) is 1. The molecule has 0 aliphatic carbocycles. The first kappa shape index (κ1) is 20.5. The summed E-state index contributed by atoms with van der Waals surface area (Å²) in [5.41, 5.74) is 4.40. The minimum Gasteiger partial charge on any atom is -0.497 e. The Labute approximate surface area is 190 Å². The van der Waals surface area contributed by atoms with Crippen LogP contribution in [0.25, 0.3) is 33.7 Å². The standard InChI is InChI=1S/C27H21N3O3/c1-33-22-14-8-13-20(15-22)26-29-25-23(16-21(17-28-25)18-9-4-2-5-10-18)30(26)24(27(31)32)19-11-6-3-7-12-19/h2-17,24H,1H3,(H,31,32). The summed E-state index contributed by atoms with van der Waals surface area (Å²) in [7, 11) is 1.60. The lowest BCUT2D eigenvalue weighted by Crippen LogP contribution is -2.21. The number of methoxy groups -OCH3 is 1. The molecule has 1 unspecified atom stereocenters. The molecule has 2 heterocycles. The van der Waals surface area contributed by atoms with E-state index in [-0.39, 0.29) is 0 Å². The molecular weight excluding hydrogens is 414 g/mol. The molecule has 3 aromatic carbocycles. The summed E-state index contributed by atoms with van der Waals surface area (Å²) in [6.45, 7) is 0. The number of fused-ring (bicyclic) bond motifs is 1. The third-order valence-corrected chi connectivity index (χ3v) is 5.59. The Bertz CT molecular complexity index is 1430. The lowest BCUT2D eigenvalue weighted by atomic mass is 10.0. The van der Waals surface area contributed by atoms with Gasteiger partial charge in [-0.05, 0) is 29.3 Å². The van der Waals surface area contributed by atoms with E-state index < -0.39 is 12.0 Å². The van der Waals surface area contributed by atoms with Gasteiger partial charge in [-0.15, -0.1) is 0 Å². The molecule has 0 aliphatic rings. The van der Waals surface area contributed by atoms with E-state index in [1.807, 2.05) is 91.0 Å². The second-order valence-electron chi connectivity index (χ2n) is 7.62. The summed E-state index contributed by atoms with van der Waals surface area (Å²) < 4.78 is 7.14. The monoisotopic (exact) mass is 435 g/mol. The van der Waals surface area contributed by atoms with Crippen LogP contribution in [-0.2, 0) is 4.79 Å². The van der Waals surface area contributed by atoms with Gasteiger partial charge in [0.1, 0.15) is 11.6 Å². The van der Waals surface area contributed by atoms with Gasteiger partial charge in [-0.3, -0.25) is 0 Å². The molecule has 6 heteroatoms. The number of nitrogens with zero attached hydrogens (tertiary/aromatic N) is 3. The van der Waals surface area contributed by atoms with Crippen molar-refractivity contribution >= 4 is 17.1 Å². The van der Waals surface area contributed by atoms with E-state index in [0.29, 0.717) is 28.3 Å². The maximum absolute atomic E-state index is 12.6. The molecule has 33 heavy (non-hydrogen) atoms.